The molecule has 0 saturated heterocycles. The smallest absolute Gasteiger partial charge is 0.153 e. The Morgan fingerprint density at radius 2 is 2.10 bits per heavy atom. The van der Waals surface area contributed by atoms with Crippen molar-refractivity contribution in [2.75, 3.05) is 0 Å². The summed E-state index contributed by atoms with van der Waals surface area (Å²) in [6.07, 6.45) is 3.28. The molecule has 0 fully saturated rings. The van der Waals surface area contributed by atoms with Gasteiger partial charge < -0.3 is 4.57 Å². The maximum absolute atomic E-state index is 13.8. The van der Waals surface area contributed by atoms with Crippen molar-refractivity contribution in [2.24, 2.45) is 0 Å². The van der Waals surface area contributed by atoms with Gasteiger partial charge in [0.1, 0.15) is 17.2 Å². The molecule has 0 N–H and O–H groups in total. The highest BCUT2D eigenvalue weighted by molar-refractivity contribution is 6.20. The third-order valence-electron chi connectivity index (χ3n) is 3.18. The van der Waals surface area contributed by atoms with Crippen molar-refractivity contribution in [3.05, 3.63) is 42.0 Å². The van der Waals surface area contributed by atoms with Crippen LogP contribution < -0.4 is 0 Å². The van der Waals surface area contributed by atoms with Crippen LogP contribution in [0.4, 0.5) is 8.78 Å². The topological polar surface area (TPSA) is 48.5 Å². The SMILES string of the molecule is CC(Cl)c1nc2c(F)cc(F)cc2n1CCn1ccnn1. The molecule has 0 saturated carbocycles. The standard InChI is InChI=1S/C13H12ClF2N5/c1-8(14)13-18-12-10(16)6-9(15)7-11(12)21(13)5-4-20-3-2-17-19-20/h2-3,6-8H,4-5H2,1H3. The predicted molar refractivity (Wildman–Crippen MR) is 73.9 cm³/mol. The lowest BCUT2D eigenvalue weighted by atomic mass is 10.3. The summed E-state index contributed by atoms with van der Waals surface area (Å²) in [6.45, 7) is 2.68. The summed E-state index contributed by atoms with van der Waals surface area (Å²) in [7, 11) is 0. The van der Waals surface area contributed by atoms with Gasteiger partial charge in [0.25, 0.3) is 0 Å². The molecule has 1 atom stereocenters. The molecular weight excluding hydrogens is 300 g/mol. The first kappa shape index (κ1) is 13.9. The third-order valence-corrected chi connectivity index (χ3v) is 3.38. The Kier molecular flexibility index (Phi) is 3.59. The van der Waals surface area contributed by atoms with Gasteiger partial charge in [0.15, 0.2) is 5.82 Å². The normalized spacial score (nSPS) is 13.0. The van der Waals surface area contributed by atoms with Gasteiger partial charge in [-0.25, -0.2) is 13.8 Å². The zero-order chi connectivity index (χ0) is 15.0. The fourth-order valence-corrected chi connectivity index (χ4v) is 2.43. The maximum Gasteiger partial charge on any atom is 0.153 e. The lowest BCUT2D eigenvalue weighted by molar-refractivity contribution is 0.514. The van der Waals surface area contributed by atoms with Crippen molar-refractivity contribution in [3.8, 4) is 0 Å². The number of hydrogen-bond acceptors (Lipinski definition) is 3. The van der Waals surface area contributed by atoms with Crippen LogP contribution in [0.15, 0.2) is 24.5 Å². The summed E-state index contributed by atoms with van der Waals surface area (Å²) in [4.78, 5) is 4.20. The Bertz CT molecular complexity index is 767. The van der Waals surface area contributed by atoms with Crippen LogP contribution in [0.5, 0.6) is 0 Å². The summed E-state index contributed by atoms with van der Waals surface area (Å²) in [5, 5.41) is 7.15. The Balaban J connectivity index is 2.07. The minimum absolute atomic E-state index is 0.123. The van der Waals surface area contributed by atoms with Crippen LogP contribution in [0, 0.1) is 11.6 Å². The number of hydrogen-bond donors (Lipinski definition) is 0. The molecule has 0 amide bonds. The van der Waals surface area contributed by atoms with Crippen molar-refractivity contribution >= 4 is 22.6 Å². The largest absolute Gasteiger partial charge is 0.325 e. The number of aryl methyl sites for hydroxylation is 2. The first-order valence-corrected chi connectivity index (χ1v) is 6.83. The zero-order valence-electron chi connectivity index (χ0n) is 11.2. The average Bonchev–Trinajstić information content (AvgIpc) is 3.03. The lowest BCUT2D eigenvalue weighted by Gasteiger charge is -2.10. The van der Waals surface area contributed by atoms with Crippen LogP contribution >= 0.6 is 11.6 Å². The summed E-state index contributed by atoms with van der Waals surface area (Å²) >= 11 is 6.10. The molecule has 3 rings (SSSR count). The Hall–Kier alpha value is -2.02. The Morgan fingerprint density at radius 1 is 1.29 bits per heavy atom. The second-order valence-corrected chi connectivity index (χ2v) is 5.31. The van der Waals surface area contributed by atoms with E-state index < -0.39 is 17.0 Å². The van der Waals surface area contributed by atoms with Gasteiger partial charge in [0.05, 0.1) is 23.6 Å². The van der Waals surface area contributed by atoms with Gasteiger partial charge in [-0.05, 0) is 13.0 Å². The summed E-state index contributed by atoms with van der Waals surface area (Å²) in [6, 6.07) is 2.08. The zero-order valence-corrected chi connectivity index (χ0v) is 11.9. The highest BCUT2D eigenvalue weighted by Crippen LogP contribution is 2.27. The number of fused-ring (bicyclic) bond motifs is 1. The summed E-state index contributed by atoms with van der Waals surface area (Å²) in [5.74, 6) is -0.838. The molecule has 2 aromatic heterocycles. The van der Waals surface area contributed by atoms with E-state index in [1.165, 1.54) is 6.07 Å². The van der Waals surface area contributed by atoms with Crippen molar-refractivity contribution < 1.29 is 8.78 Å². The van der Waals surface area contributed by atoms with E-state index in [0.717, 1.165) is 6.07 Å². The van der Waals surface area contributed by atoms with Crippen LogP contribution in [-0.4, -0.2) is 24.5 Å². The molecule has 2 heterocycles. The Morgan fingerprint density at radius 3 is 2.76 bits per heavy atom. The van der Waals surface area contributed by atoms with E-state index in [9.17, 15) is 8.78 Å². The van der Waals surface area contributed by atoms with Crippen LogP contribution in [0.2, 0.25) is 0 Å². The number of halogens is 3. The molecule has 1 unspecified atom stereocenters. The fourth-order valence-electron chi connectivity index (χ4n) is 2.26. The van der Waals surface area contributed by atoms with E-state index in [1.54, 1.807) is 28.6 Å². The van der Waals surface area contributed by atoms with Gasteiger partial charge in [0, 0.05) is 18.8 Å². The number of nitrogens with zero attached hydrogens (tertiary/aromatic N) is 5. The number of benzene rings is 1. The molecule has 1 aromatic carbocycles. The first-order chi connectivity index (χ1) is 10.1. The molecular formula is C13H12ClF2N5. The molecule has 0 aliphatic carbocycles. The molecule has 0 bridgehead atoms. The molecule has 8 heteroatoms. The second-order valence-electron chi connectivity index (χ2n) is 4.66. The van der Waals surface area contributed by atoms with Gasteiger partial charge in [-0.1, -0.05) is 5.21 Å². The fraction of sp³-hybridized carbons (Fsp3) is 0.308. The van der Waals surface area contributed by atoms with Gasteiger partial charge in [-0.15, -0.1) is 16.7 Å². The van der Waals surface area contributed by atoms with Crippen LogP contribution in [0.25, 0.3) is 11.0 Å². The highest BCUT2D eigenvalue weighted by Gasteiger charge is 2.18. The lowest BCUT2D eigenvalue weighted by Crippen LogP contribution is -2.11. The number of aromatic nitrogens is 5. The maximum atomic E-state index is 13.8. The monoisotopic (exact) mass is 311 g/mol. The van der Waals surface area contributed by atoms with Crippen LogP contribution in [0.1, 0.15) is 18.1 Å². The van der Waals surface area contributed by atoms with E-state index >= 15 is 0 Å². The molecule has 5 nitrogen and oxygen atoms in total. The average molecular weight is 312 g/mol. The molecule has 3 aromatic rings. The van der Waals surface area contributed by atoms with Gasteiger partial charge in [0.2, 0.25) is 0 Å². The van der Waals surface area contributed by atoms with Crippen molar-refractivity contribution in [2.45, 2.75) is 25.4 Å². The number of imidazole rings is 1. The molecule has 21 heavy (non-hydrogen) atoms. The van der Waals surface area contributed by atoms with E-state index in [-0.39, 0.29) is 5.52 Å². The van der Waals surface area contributed by atoms with Gasteiger partial charge >= 0.3 is 0 Å². The van der Waals surface area contributed by atoms with E-state index in [0.29, 0.717) is 24.4 Å². The van der Waals surface area contributed by atoms with Crippen LogP contribution in [0.3, 0.4) is 0 Å². The molecule has 110 valence electrons. The summed E-state index contributed by atoms with van der Waals surface area (Å²) < 4.78 is 30.6. The Labute approximate surface area is 124 Å². The van der Waals surface area contributed by atoms with E-state index in [2.05, 4.69) is 15.3 Å². The molecule has 0 aliphatic rings. The number of alkyl halides is 1. The second kappa shape index (κ2) is 5.40. The molecule has 0 spiro atoms. The van der Waals surface area contributed by atoms with Crippen LogP contribution in [-0.2, 0) is 13.1 Å². The number of rotatable bonds is 4. The molecule has 0 aliphatic heterocycles. The van der Waals surface area contributed by atoms with Crippen molar-refractivity contribution in [1.82, 2.24) is 24.5 Å². The predicted octanol–water partition coefficient (Wildman–Crippen LogP) is 2.91. The third kappa shape index (κ3) is 2.61. The van der Waals surface area contributed by atoms with Gasteiger partial charge in [-0.2, -0.15) is 0 Å². The summed E-state index contributed by atoms with van der Waals surface area (Å²) in [5.41, 5.74) is 0.507. The van der Waals surface area contributed by atoms with Crippen molar-refractivity contribution in [3.63, 3.8) is 0 Å². The minimum Gasteiger partial charge on any atom is -0.325 e. The quantitative estimate of drug-likeness (QED) is 0.696. The van der Waals surface area contributed by atoms with E-state index in [1.807, 2.05) is 0 Å². The highest BCUT2D eigenvalue weighted by atomic mass is 35.5. The minimum atomic E-state index is -0.692. The van der Waals surface area contributed by atoms with Crippen molar-refractivity contribution in [1.29, 1.82) is 0 Å². The first-order valence-electron chi connectivity index (χ1n) is 6.39. The van der Waals surface area contributed by atoms with E-state index in [4.69, 9.17) is 11.6 Å². The molecule has 0 radical (unpaired) electrons. The van der Waals surface area contributed by atoms with Gasteiger partial charge in [-0.3, -0.25) is 4.68 Å².